The third-order valence-electron chi connectivity index (χ3n) is 3.73. The number of anilines is 1. The summed E-state index contributed by atoms with van der Waals surface area (Å²) < 4.78 is 4.88. The van der Waals surface area contributed by atoms with E-state index >= 15 is 0 Å². The van der Waals surface area contributed by atoms with Crippen LogP contribution in [0.5, 0.6) is 0 Å². The minimum atomic E-state index is -0.717. The number of thiazole rings is 1. The Hall–Kier alpha value is -3.34. The molecule has 2 heterocycles. The van der Waals surface area contributed by atoms with E-state index in [2.05, 4.69) is 15.6 Å². The monoisotopic (exact) mass is 390 g/mol. The third kappa shape index (κ3) is 4.64. The highest BCUT2D eigenvalue weighted by Crippen LogP contribution is 2.27. The van der Waals surface area contributed by atoms with Crippen molar-refractivity contribution in [3.8, 4) is 11.3 Å². The summed E-state index contributed by atoms with van der Waals surface area (Å²) in [5.41, 5.74) is 0.964. The molecule has 0 saturated carbocycles. The fraction of sp³-hybridized carbons (Fsp3) is 0.250. The van der Waals surface area contributed by atoms with Crippen molar-refractivity contribution in [1.82, 2.24) is 10.3 Å². The number of carbonyl (C=O) groups excluding carboxylic acids is 3. The second kappa shape index (κ2) is 7.91. The van der Waals surface area contributed by atoms with Crippen LogP contribution in [-0.2, 0) is 19.1 Å². The molecular formula is C16H14N4O6S. The van der Waals surface area contributed by atoms with E-state index in [0.717, 1.165) is 11.3 Å². The van der Waals surface area contributed by atoms with Gasteiger partial charge in [-0.1, -0.05) is 12.1 Å². The molecule has 0 radical (unpaired) electrons. The third-order valence-corrected chi connectivity index (χ3v) is 4.49. The van der Waals surface area contributed by atoms with Crippen LogP contribution >= 0.6 is 11.3 Å². The fourth-order valence-corrected chi connectivity index (χ4v) is 3.16. The molecule has 1 saturated heterocycles. The summed E-state index contributed by atoms with van der Waals surface area (Å²) in [6.45, 7) is -0.503. The van der Waals surface area contributed by atoms with Gasteiger partial charge in [0.05, 0.1) is 10.6 Å². The Balaban J connectivity index is 1.55. The zero-order valence-electron chi connectivity index (χ0n) is 13.8. The topological polar surface area (TPSA) is 141 Å². The summed E-state index contributed by atoms with van der Waals surface area (Å²) in [6.07, 6.45) is 0.601. The number of nitrogens with one attached hydrogen (secondary N) is 2. The van der Waals surface area contributed by atoms with Gasteiger partial charge in [-0.15, -0.1) is 11.3 Å². The van der Waals surface area contributed by atoms with Crippen molar-refractivity contribution in [1.29, 1.82) is 0 Å². The maximum atomic E-state index is 11.9. The molecule has 2 amide bonds. The van der Waals surface area contributed by atoms with Crippen molar-refractivity contribution in [3.63, 3.8) is 0 Å². The SMILES string of the molecule is O=C(COC(=O)C1CCC(=O)N1)Nc1nc(-c2cccc([N+](=O)[O-])c2)cs1. The Kier molecular flexibility index (Phi) is 5.41. The van der Waals surface area contributed by atoms with E-state index in [1.165, 1.54) is 12.1 Å². The number of benzene rings is 1. The van der Waals surface area contributed by atoms with E-state index in [-0.39, 0.29) is 23.1 Å². The van der Waals surface area contributed by atoms with E-state index in [1.54, 1.807) is 17.5 Å². The van der Waals surface area contributed by atoms with Gasteiger partial charge in [0, 0.05) is 29.5 Å². The average molecular weight is 390 g/mol. The maximum Gasteiger partial charge on any atom is 0.329 e. The van der Waals surface area contributed by atoms with Crippen LogP contribution in [0.15, 0.2) is 29.6 Å². The van der Waals surface area contributed by atoms with Crippen LogP contribution in [0.25, 0.3) is 11.3 Å². The molecule has 1 unspecified atom stereocenters. The quantitative estimate of drug-likeness (QED) is 0.432. The fourth-order valence-electron chi connectivity index (χ4n) is 2.43. The van der Waals surface area contributed by atoms with E-state index in [0.29, 0.717) is 17.7 Å². The van der Waals surface area contributed by atoms with Crippen LogP contribution in [0.4, 0.5) is 10.8 Å². The van der Waals surface area contributed by atoms with Crippen LogP contribution in [0.3, 0.4) is 0 Å². The van der Waals surface area contributed by atoms with Gasteiger partial charge >= 0.3 is 5.97 Å². The molecule has 140 valence electrons. The first kappa shape index (κ1) is 18.5. The van der Waals surface area contributed by atoms with Gasteiger partial charge in [-0.25, -0.2) is 9.78 Å². The van der Waals surface area contributed by atoms with E-state index < -0.39 is 29.4 Å². The Bertz CT molecular complexity index is 912. The van der Waals surface area contributed by atoms with E-state index in [1.807, 2.05) is 0 Å². The predicted octanol–water partition coefficient (Wildman–Crippen LogP) is 1.48. The summed E-state index contributed by atoms with van der Waals surface area (Å²) >= 11 is 1.14. The van der Waals surface area contributed by atoms with Gasteiger partial charge in [0.15, 0.2) is 11.7 Å². The second-order valence-electron chi connectivity index (χ2n) is 5.66. The first-order valence-corrected chi connectivity index (χ1v) is 8.76. The molecule has 11 heteroatoms. The van der Waals surface area contributed by atoms with Crippen LogP contribution < -0.4 is 10.6 Å². The number of esters is 1. The number of non-ortho nitro benzene ring substituents is 1. The first-order valence-electron chi connectivity index (χ1n) is 7.88. The van der Waals surface area contributed by atoms with Crippen molar-refractivity contribution in [2.45, 2.75) is 18.9 Å². The molecule has 1 aliphatic rings. The number of carbonyl (C=O) groups is 3. The average Bonchev–Trinajstić information content (AvgIpc) is 3.29. The molecule has 0 aliphatic carbocycles. The molecule has 1 fully saturated rings. The van der Waals surface area contributed by atoms with Crippen LogP contribution in [0, 0.1) is 10.1 Å². The number of nitro benzene ring substituents is 1. The molecule has 1 aliphatic heterocycles. The molecule has 2 N–H and O–H groups in total. The number of nitrogens with zero attached hydrogens (tertiary/aromatic N) is 2. The Morgan fingerprint density at radius 3 is 2.96 bits per heavy atom. The van der Waals surface area contributed by atoms with Crippen molar-refractivity contribution < 1.29 is 24.0 Å². The smallest absolute Gasteiger partial charge is 0.329 e. The Morgan fingerprint density at radius 2 is 2.26 bits per heavy atom. The summed E-state index contributed by atoms with van der Waals surface area (Å²) in [6, 6.07) is 5.26. The van der Waals surface area contributed by atoms with Gasteiger partial charge in [-0.2, -0.15) is 0 Å². The predicted molar refractivity (Wildman–Crippen MR) is 95.0 cm³/mol. The zero-order valence-corrected chi connectivity index (χ0v) is 14.7. The number of amides is 2. The van der Waals surface area contributed by atoms with Crippen LogP contribution in [0.2, 0.25) is 0 Å². The summed E-state index contributed by atoms with van der Waals surface area (Å²) in [4.78, 5) is 49.2. The number of nitro groups is 1. The highest BCUT2D eigenvalue weighted by molar-refractivity contribution is 7.14. The standard InChI is InChI=1S/C16H14N4O6S/c21-13-5-4-11(17-13)15(23)26-7-14(22)19-16-18-12(8-27-16)9-2-1-3-10(6-9)20(24)25/h1-3,6,8,11H,4-5,7H2,(H,17,21)(H,18,19,22). The van der Waals surface area contributed by atoms with Gasteiger partial charge in [0.2, 0.25) is 5.91 Å². The van der Waals surface area contributed by atoms with Gasteiger partial charge < -0.3 is 10.1 Å². The second-order valence-corrected chi connectivity index (χ2v) is 6.52. The molecule has 1 atom stereocenters. The molecule has 10 nitrogen and oxygen atoms in total. The lowest BCUT2D eigenvalue weighted by Crippen LogP contribution is -2.36. The van der Waals surface area contributed by atoms with Gasteiger partial charge in [0.25, 0.3) is 11.6 Å². The molecule has 1 aromatic carbocycles. The molecular weight excluding hydrogens is 376 g/mol. The molecule has 2 aromatic rings. The van der Waals surface area contributed by atoms with E-state index in [4.69, 9.17) is 4.74 Å². The van der Waals surface area contributed by atoms with Crippen molar-refractivity contribution in [3.05, 3.63) is 39.8 Å². The summed E-state index contributed by atoms with van der Waals surface area (Å²) in [5.74, 6) is -1.46. The minimum absolute atomic E-state index is 0.0583. The lowest BCUT2D eigenvalue weighted by molar-refractivity contribution is -0.384. The molecule has 1 aromatic heterocycles. The van der Waals surface area contributed by atoms with E-state index in [9.17, 15) is 24.5 Å². The summed E-state index contributed by atoms with van der Waals surface area (Å²) in [5, 5.41) is 17.7. The highest BCUT2D eigenvalue weighted by Gasteiger charge is 2.28. The summed E-state index contributed by atoms with van der Waals surface area (Å²) in [7, 11) is 0. The van der Waals surface area contributed by atoms with Gasteiger partial charge in [-0.3, -0.25) is 25.0 Å². The van der Waals surface area contributed by atoms with Crippen molar-refractivity contribution in [2.75, 3.05) is 11.9 Å². The molecule has 0 spiro atoms. The van der Waals surface area contributed by atoms with Crippen molar-refractivity contribution in [2.24, 2.45) is 0 Å². The number of aromatic nitrogens is 1. The Labute approximate surface area is 156 Å². The maximum absolute atomic E-state index is 11.9. The van der Waals surface area contributed by atoms with Gasteiger partial charge in [0.1, 0.15) is 6.04 Å². The van der Waals surface area contributed by atoms with Crippen LogP contribution in [-0.4, -0.2) is 40.3 Å². The lowest BCUT2D eigenvalue weighted by Gasteiger charge is -2.09. The zero-order chi connectivity index (χ0) is 19.4. The first-order chi connectivity index (χ1) is 12.9. The number of hydrogen-bond acceptors (Lipinski definition) is 8. The molecule has 0 bridgehead atoms. The largest absolute Gasteiger partial charge is 0.454 e. The molecule has 27 heavy (non-hydrogen) atoms. The lowest BCUT2D eigenvalue weighted by atomic mass is 10.1. The van der Waals surface area contributed by atoms with Crippen molar-refractivity contribution >= 4 is 39.9 Å². The van der Waals surface area contributed by atoms with Crippen LogP contribution in [0.1, 0.15) is 12.8 Å². The highest BCUT2D eigenvalue weighted by atomic mass is 32.1. The van der Waals surface area contributed by atoms with Gasteiger partial charge in [-0.05, 0) is 6.42 Å². The number of ether oxygens (including phenoxy) is 1. The number of hydrogen-bond donors (Lipinski definition) is 2. The Morgan fingerprint density at radius 1 is 1.44 bits per heavy atom. The number of rotatable bonds is 6. The normalized spacial score (nSPS) is 15.9. The molecule has 3 rings (SSSR count). The minimum Gasteiger partial charge on any atom is -0.454 e.